The first-order valence-electron chi connectivity index (χ1n) is 10.6. The average Bonchev–Trinajstić information content (AvgIpc) is 3.36. The number of amides is 2. The first kappa shape index (κ1) is 25.8. The number of primary amides is 1. The fourth-order valence-electron chi connectivity index (χ4n) is 3.49. The monoisotopic (exact) mass is 500 g/mol. The summed E-state index contributed by atoms with van der Waals surface area (Å²) in [5, 5.41) is 2.78. The number of hydrogen-bond donors (Lipinski definition) is 3. The van der Waals surface area contributed by atoms with E-state index in [0.29, 0.717) is 28.7 Å². The van der Waals surface area contributed by atoms with Crippen LogP contribution >= 0.6 is 11.5 Å². The molecule has 1 heterocycles. The van der Waals surface area contributed by atoms with Gasteiger partial charge < -0.3 is 35.7 Å². The molecule has 2 amide bonds. The number of nitrogens with two attached hydrogens (primary N) is 2. The van der Waals surface area contributed by atoms with Gasteiger partial charge in [-0.1, -0.05) is 6.07 Å². The van der Waals surface area contributed by atoms with Crippen molar-refractivity contribution >= 4 is 29.0 Å². The molecule has 0 bridgehead atoms. The lowest BCUT2D eigenvalue weighted by molar-refractivity contribution is -0.119. The predicted molar refractivity (Wildman–Crippen MR) is 134 cm³/mol. The number of carbonyl (C=O) groups excluding carboxylic acids is 2. The van der Waals surface area contributed by atoms with Crippen molar-refractivity contribution in [3.8, 4) is 44.6 Å². The van der Waals surface area contributed by atoms with Gasteiger partial charge in [-0.25, -0.2) is 0 Å². The van der Waals surface area contributed by atoms with Crippen LogP contribution in [0.3, 0.4) is 0 Å². The summed E-state index contributed by atoms with van der Waals surface area (Å²) in [6.07, 6.45) is 1.91. The van der Waals surface area contributed by atoms with Crippen LogP contribution in [0, 0.1) is 0 Å². The lowest BCUT2D eigenvalue weighted by Gasteiger charge is -2.16. The lowest BCUT2D eigenvalue weighted by atomic mass is 10.0. The first-order valence-corrected chi connectivity index (χ1v) is 11.4. The highest BCUT2D eigenvalue weighted by molar-refractivity contribution is 7.10. The molecule has 0 spiro atoms. The summed E-state index contributed by atoms with van der Waals surface area (Å²) in [4.78, 5) is 24.5. The smallest absolute Gasteiger partial charge is 0.241 e. The maximum Gasteiger partial charge on any atom is 0.241 e. The Hall–Kier alpha value is -3.83. The maximum atomic E-state index is 12.6. The van der Waals surface area contributed by atoms with Crippen LogP contribution in [0.2, 0.25) is 0 Å². The molecule has 0 aliphatic heterocycles. The summed E-state index contributed by atoms with van der Waals surface area (Å²) in [7, 11) is 6.17. The Morgan fingerprint density at radius 2 is 1.63 bits per heavy atom. The van der Waals surface area contributed by atoms with E-state index in [2.05, 4.69) is 9.69 Å². The zero-order valence-corrected chi connectivity index (χ0v) is 20.7. The minimum absolute atomic E-state index is 0.0183. The zero-order valence-electron chi connectivity index (χ0n) is 19.9. The molecule has 0 radical (unpaired) electrons. The van der Waals surface area contributed by atoms with E-state index < -0.39 is 17.9 Å². The van der Waals surface area contributed by atoms with Gasteiger partial charge in [0.15, 0.2) is 11.5 Å². The van der Waals surface area contributed by atoms with Crippen LogP contribution in [0.4, 0.5) is 5.69 Å². The third kappa shape index (κ3) is 5.81. The fraction of sp³-hybridized carbons (Fsp3) is 0.292. The second-order valence-corrected chi connectivity index (χ2v) is 8.30. The number of rotatable bonds is 11. The number of aromatic nitrogens is 1. The molecule has 5 N–H and O–H groups in total. The molecule has 2 aromatic carbocycles. The summed E-state index contributed by atoms with van der Waals surface area (Å²) in [6, 6.07) is 8.20. The molecular weight excluding hydrogens is 472 g/mol. The summed E-state index contributed by atoms with van der Waals surface area (Å²) in [5.41, 5.74) is 14.0. The van der Waals surface area contributed by atoms with Crippen molar-refractivity contribution in [3.05, 3.63) is 36.5 Å². The standard InChI is InChI=1S/C24H28N4O6S/c1-31-18-7-5-13(9-17(18)28-24(30)16(25)6-8-21(26)29)15-12-27-35-23(15)14-10-19(32-2)22(34-4)20(11-14)33-3/h5,7,9-12,16H,6,8,25H2,1-4H3,(H2,26,29)(H,28,30)/t16-/m1/s1. The van der Waals surface area contributed by atoms with Gasteiger partial charge in [-0.05, 0) is 47.8 Å². The van der Waals surface area contributed by atoms with Crippen LogP contribution in [-0.4, -0.2) is 50.7 Å². The van der Waals surface area contributed by atoms with E-state index in [0.717, 1.165) is 21.6 Å². The van der Waals surface area contributed by atoms with Crippen molar-refractivity contribution in [1.82, 2.24) is 4.37 Å². The molecule has 35 heavy (non-hydrogen) atoms. The number of carbonyl (C=O) groups is 2. The van der Waals surface area contributed by atoms with Crippen molar-refractivity contribution in [3.63, 3.8) is 0 Å². The van der Waals surface area contributed by atoms with Crippen molar-refractivity contribution in [2.24, 2.45) is 11.5 Å². The Morgan fingerprint density at radius 1 is 0.971 bits per heavy atom. The number of hydrogen-bond acceptors (Lipinski definition) is 9. The van der Waals surface area contributed by atoms with Crippen molar-refractivity contribution < 1.29 is 28.5 Å². The second-order valence-electron chi connectivity index (χ2n) is 7.50. The van der Waals surface area contributed by atoms with E-state index in [1.165, 1.54) is 18.6 Å². The summed E-state index contributed by atoms with van der Waals surface area (Å²) in [5.74, 6) is 1.03. The molecule has 0 saturated heterocycles. The lowest BCUT2D eigenvalue weighted by Crippen LogP contribution is -2.36. The van der Waals surface area contributed by atoms with E-state index in [-0.39, 0.29) is 12.8 Å². The quantitative estimate of drug-likeness (QED) is 0.364. The van der Waals surface area contributed by atoms with Crippen LogP contribution in [0.1, 0.15) is 12.8 Å². The minimum Gasteiger partial charge on any atom is -0.495 e. The molecule has 3 rings (SSSR count). The zero-order chi connectivity index (χ0) is 25.5. The van der Waals surface area contributed by atoms with Gasteiger partial charge in [0.1, 0.15) is 5.75 Å². The molecular formula is C24H28N4O6S. The number of methoxy groups -OCH3 is 4. The van der Waals surface area contributed by atoms with Crippen molar-refractivity contribution in [1.29, 1.82) is 0 Å². The fourth-order valence-corrected chi connectivity index (χ4v) is 4.25. The highest BCUT2D eigenvalue weighted by Crippen LogP contribution is 2.45. The Morgan fingerprint density at radius 3 is 2.20 bits per heavy atom. The van der Waals surface area contributed by atoms with E-state index >= 15 is 0 Å². The van der Waals surface area contributed by atoms with Gasteiger partial charge in [0, 0.05) is 23.7 Å². The Balaban J connectivity index is 1.98. The third-order valence-electron chi connectivity index (χ3n) is 5.30. The molecule has 0 saturated carbocycles. The largest absolute Gasteiger partial charge is 0.495 e. The van der Waals surface area contributed by atoms with Gasteiger partial charge in [0.05, 0.1) is 45.0 Å². The Bertz CT molecular complexity index is 1190. The van der Waals surface area contributed by atoms with Gasteiger partial charge >= 0.3 is 0 Å². The predicted octanol–water partition coefficient (Wildman–Crippen LogP) is 3.04. The topological polar surface area (TPSA) is 148 Å². The van der Waals surface area contributed by atoms with Crippen LogP contribution < -0.4 is 35.7 Å². The van der Waals surface area contributed by atoms with Gasteiger partial charge in [0.2, 0.25) is 17.6 Å². The molecule has 1 atom stereocenters. The number of nitrogens with zero attached hydrogens (tertiary/aromatic N) is 1. The number of benzene rings is 2. The SMILES string of the molecule is COc1ccc(-c2cnsc2-c2cc(OC)c(OC)c(OC)c2)cc1NC(=O)[C@H](N)CCC(N)=O. The van der Waals surface area contributed by atoms with Crippen molar-refractivity contribution in [2.45, 2.75) is 18.9 Å². The third-order valence-corrected chi connectivity index (χ3v) is 6.15. The number of ether oxygens (including phenoxy) is 4. The summed E-state index contributed by atoms with van der Waals surface area (Å²) < 4.78 is 26.2. The summed E-state index contributed by atoms with van der Waals surface area (Å²) in [6.45, 7) is 0. The molecule has 11 heteroatoms. The van der Waals surface area contributed by atoms with Gasteiger partial charge in [0.25, 0.3) is 0 Å². The van der Waals surface area contributed by atoms with Crippen LogP contribution in [0.15, 0.2) is 36.5 Å². The molecule has 0 fully saturated rings. The van der Waals surface area contributed by atoms with Crippen LogP contribution in [-0.2, 0) is 9.59 Å². The maximum absolute atomic E-state index is 12.6. The van der Waals surface area contributed by atoms with Gasteiger partial charge in [-0.2, -0.15) is 4.37 Å². The highest BCUT2D eigenvalue weighted by atomic mass is 32.1. The molecule has 0 unspecified atom stereocenters. The Kier molecular flexibility index (Phi) is 8.50. The van der Waals surface area contributed by atoms with Gasteiger partial charge in [-0.15, -0.1) is 0 Å². The normalized spacial score (nSPS) is 11.5. The number of anilines is 1. The van der Waals surface area contributed by atoms with Crippen molar-refractivity contribution in [2.75, 3.05) is 33.8 Å². The van der Waals surface area contributed by atoms with E-state index in [1.54, 1.807) is 39.7 Å². The van der Waals surface area contributed by atoms with E-state index in [4.69, 9.17) is 30.4 Å². The number of nitrogens with one attached hydrogen (secondary N) is 1. The molecule has 1 aromatic heterocycles. The van der Waals surface area contributed by atoms with Gasteiger partial charge in [-0.3, -0.25) is 9.59 Å². The molecule has 10 nitrogen and oxygen atoms in total. The van der Waals surface area contributed by atoms with Crippen LogP contribution in [0.25, 0.3) is 21.6 Å². The summed E-state index contributed by atoms with van der Waals surface area (Å²) >= 11 is 1.31. The molecule has 0 aliphatic carbocycles. The average molecular weight is 501 g/mol. The second kappa shape index (κ2) is 11.5. The van der Waals surface area contributed by atoms with E-state index in [1.807, 2.05) is 18.2 Å². The minimum atomic E-state index is -0.895. The first-order chi connectivity index (χ1) is 16.8. The highest BCUT2D eigenvalue weighted by Gasteiger charge is 2.20. The molecule has 3 aromatic rings. The Labute approximate surface area is 207 Å². The van der Waals surface area contributed by atoms with E-state index in [9.17, 15) is 9.59 Å². The van der Waals surface area contributed by atoms with Crippen LogP contribution in [0.5, 0.6) is 23.0 Å². The molecule has 0 aliphatic rings. The molecule has 186 valence electrons.